The van der Waals surface area contributed by atoms with Gasteiger partial charge in [-0.3, -0.25) is 19.2 Å². The maximum atomic E-state index is 12.2. The second kappa shape index (κ2) is 12.0. The molecule has 4 N–H and O–H groups in total. The molecule has 0 unspecified atom stereocenters. The zero-order valence-corrected chi connectivity index (χ0v) is 17.8. The van der Waals surface area contributed by atoms with Crippen molar-refractivity contribution in [3.05, 3.63) is 35.4 Å². The number of carbonyl (C=O) groups is 4. The minimum absolute atomic E-state index is 0.0494. The van der Waals surface area contributed by atoms with Crippen LogP contribution in [0.4, 0.5) is 0 Å². The lowest BCUT2D eigenvalue weighted by molar-refractivity contribution is -0.130. The van der Waals surface area contributed by atoms with Gasteiger partial charge in [0.1, 0.15) is 6.04 Å². The van der Waals surface area contributed by atoms with Crippen LogP contribution in [0.15, 0.2) is 24.3 Å². The number of nitrogens with two attached hydrogens (primary N) is 1. The number of nitrogens with one attached hydrogen (secondary N) is 2. The highest BCUT2D eigenvalue weighted by atomic mass is 16.2. The van der Waals surface area contributed by atoms with Gasteiger partial charge in [0.25, 0.3) is 5.91 Å². The minimum atomic E-state index is -0.702. The van der Waals surface area contributed by atoms with Gasteiger partial charge in [0.2, 0.25) is 11.8 Å². The Labute approximate surface area is 172 Å². The van der Waals surface area contributed by atoms with Gasteiger partial charge in [-0.2, -0.15) is 0 Å². The fraction of sp³-hybridized carbons (Fsp3) is 0.545. The first-order valence-electron chi connectivity index (χ1n) is 10.1. The van der Waals surface area contributed by atoms with Crippen LogP contribution >= 0.6 is 0 Å². The average molecular weight is 404 g/mol. The van der Waals surface area contributed by atoms with Gasteiger partial charge in [-0.15, -0.1) is 0 Å². The topological polar surface area (TPSA) is 118 Å². The standard InChI is InChI=1S/C22H33N3O4/c1-14(2)13-15(3)21(28)25-19(20(23)27)7-5-6-12-24-22(29)18-10-8-17(9-11-18)16(4)26/h8-11,14-15,19H,5-7,12-13H2,1-4H3,(H2,23,27)(H,24,29)(H,25,28)/t15-,19-/m0/s1. The van der Waals surface area contributed by atoms with E-state index in [4.69, 9.17) is 5.73 Å². The van der Waals surface area contributed by atoms with Crippen molar-refractivity contribution in [3.63, 3.8) is 0 Å². The molecule has 160 valence electrons. The number of rotatable bonds is 12. The summed E-state index contributed by atoms with van der Waals surface area (Å²) in [6.45, 7) is 7.84. The number of primary amides is 1. The van der Waals surface area contributed by atoms with Crippen molar-refractivity contribution in [2.45, 2.75) is 59.4 Å². The predicted molar refractivity (Wildman–Crippen MR) is 112 cm³/mol. The number of ketones is 1. The van der Waals surface area contributed by atoms with Crippen LogP contribution in [-0.2, 0) is 9.59 Å². The summed E-state index contributed by atoms with van der Waals surface area (Å²) in [7, 11) is 0. The molecule has 1 rings (SSSR count). The summed E-state index contributed by atoms with van der Waals surface area (Å²) in [4.78, 5) is 47.2. The maximum absolute atomic E-state index is 12.2. The largest absolute Gasteiger partial charge is 0.368 e. The summed E-state index contributed by atoms with van der Waals surface area (Å²) >= 11 is 0. The fourth-order valence-electron chi connectivity index (χ4n) is 3.05. The molecule has 0 fully saturated rings. The molecule has 7 heteroatoms. The predicted octanol–water partition coefficient (Wildman–Crippen LogP) is 2.44. The van der Waals surface area contributed by atoms with Gasteiger partial charge in [0.05, 0.1) is 0 Å². The van der Waals surface area contributed by atoms with E-state index in [0.717, 1.165) is 6.42 Å². The highest BCUT2D eigenvalue weighted by molar-refractivity contribution is 5.97. The Morgan fingerprint density at radius 3 is 2.07 bits per heavy atom. The Bertz CT molecular complexity index is 713. The summed E-state index contributed by atoms with van der Waals surface area (Å²) in [6, 6.07) is 5.77. The van der Waals surface area contributed by atoms with Crippen LogP contribution in [0.25, 0.3) is 0 Å². The molecule has 3 amide bonds. The summed E-state index contributed by atoms with van der Waals surface area (Å²) < 4.78 is 0. The molecule has 1 aromatic rings. The quantitative estimate of drug-likeness (QED) is 0.367. The Kier molecular flexibility index (Phi) is 10.1. The molecule has 0 heterocycles. The molecule has 0 bridgehead atoms. The molecule has 29 heavy (non-hydrogen) atoms. The van der Waals surface area contributed by atoms with Crippen LogP contribution in [0, 0.1) is 11.8 Å². The van der Waals surface area contributed by atoms with Crippen LogP contribution in [0.5, 0.6) is 0 Å². The molecule has 0 aromatic heterocycles. The van der Waals surface area contributed by atoms with Gasteiger partial charge in [-0.05, 0) is 50.7 Å². The van der Waals surface area contributed by atoms with Crippen LogP contribution in [-0.4, -0.2) is 36.1 Å². The van der Waals surface area contributed by atoms with Crippen LogP contribution in [0.3, 0.4) is 0 Å². The first-order chi connectivity index (χ1) is 13.6. The Balaban J connectivity index is 2.38. The summed E-state index contributed by atoms with van der Waals surface area (Å²) in [5.41, 5.74) is 6.45. The highest BCUT2D eigenvalue weighted by Crippen LogP contribution is 2.12. The minimum Gasteiger partial charge on any atom is -0.368 e. The maximum Gasteiger partial charge on any atom is 0.251 e. The number of benzene rings is 1. The molecule has 2 atom stereocenters. The third-order valence-corrected chi connectivity index (χ3v) is 4.69. The number of Topliss-reactive ketones (excluding diaryl/α,β-unsaturated/α-hetero) is 1. The lowest BCUT2D eigenvalue weighted by atomic mass is 9.97. The van der Waals surface area contributed by atoms with E-state index in [-0.39, 0.29) is 23.5 Å². The van der Waals surface area contributed by atoms with Crippen molar-refractivity contribution in [2.24, 2.45) is 17.6 Å². The second-order valence-electron chi connectivity index (χ2n) is 7.88. The molecule has 0 radical (unpaired) electrons. The molecule has 0 aliphatic rings. The molecular weight excluding hydrogens is 370 g/mol. The monoisotopic (exact) mass is 403 g/mol. The Morgan fingerprint density at radius 2 is 1.55 bits per heavy atom. The first kappa shape index (κ1) is 24.3. The molecule has 7 nitrogen and oxygen atoms in total. The van der Waals surface area contributed by atoms with Gasteiger partial charge in [0, 0.05) is 23.6 Å². The van der Waals surface area contributed by atoms with Crippen molar-refractivity contribution < 1.29 is 19.2 Å². The molecule has 0 spiro atoms. The van der Waals surface area contributed by atoms with Crippen molar-refractivity contribution >= 4 is 23.5 Å². The number of hydrogen-bond donors (Lipinski definition) is 3. The van der Waals surface area contributed by atoms with Crippen molar-refractivity contribution in [1.29, 1.82) is 0 Å². The van der Waals surface area contributed by atoms with Gasteiger partial charge in [-0.25, -0.2) is 0 Å². The van der Waals surface area contributed by atoms with E-state index in [1.54, 1.807) is 24.3 Å². The number of hydrogen-bond acceptors (Lipinski definition) is 4. The van der Waals surface area contributed by atoms with E-state index in [0.29, 0.717) is 42.9 Å². The first-order valence-corrected chi connectivity index (χ1v) is 10.1. The summed E-state index contributed by atoms with van der Waals surface area (Å²) in [6.07, 6.45) is 2.46. The zero-order valence-electron chi connectivity index (χ0n) is 17.8. The second-order valence-corrected chi connectivity index (χ2v) is 7.88. The van der Waals surface area contributed by atoms with Gasteiger partial charge < -0.3 is 16.4 Å². The molecule has 1 aromatic carbocycles. The van der Waals surface area contributed by atoms with E-state index in [2.05, 4.69) is 10.6 Å². The van der Waals surface area contributed by atoms with E-state index in [9.17, 15) is 19.2 Å². The molecular formula is C22H33N3O4. The Morgan fingerprint density at radius 1 is 0.966 bits per heavy atom. The van der Waals surface area contributed by atoms with Crippen molar-refractivity contribution in [2.75, 3.05) is 6.54 Å². The van der Waals surface area contributed by atoms with E-state index in [1.165, 1.54) is 6.92 Å². The third-order valence-electron chi connectivity index (χ3n) is 4.69. The van der Waals surface area contributed by atoms with Gasteiger partial charge >= 0.3 is 0 Å². The van der Waals surface area contributed by atoms with E-state index in [1.807, 2.05) is 20.8 Å². The summed E-state index contributed by atoms with van der Waals surface area (Å²) in [5, 5.41) is 5.54. The third kappa shape index (κ3) is 8.89. The lowest BCUT2D eigenvalue weighted by Gasteiger charge is -2.19. The summed E-state index contributed by atoms with van der Waals surface area (Å²) in [5.74, 6) is -0.765. The van der Waals surface area contributed by atoms with Crippen LogP contribution < -0.4 is 16.4 Å². The van der Waals surface area contributed by atoms with Crippen LogP contribution in [0.2, 0.25) is 0 Å². The lowest BCUT2D eigenvalue weighted by Crippen LogP contribution is -2.46. The molecule has 0 saturated carbocycles. The molecule has 0 aliphatic carbocycles. The SMILES string of the molecule is CC(=O)c1ccc(C(=O)NCCCC[C@H](NC(=O)[C@@H](C)CC(C)C)C(N)=O)cc1. The van der Waals surface area contributed by atoms with E-state index >= 15 is 0 Å². The van der Waals surface area contributed by atoms with Crippen LogP contribution in [0.1, 0.15) is 74.1 Å². The molecule has 0 aliphatic heterocycles. The number of unbranched alkanes of at least 4 members (excludes halogenated alkanes) is 1. The van der Waals surface area contributed by atoms with Gasteiger partial charge in [0.15, 0.2) is 5.78 Å². The normalized spacial score (nSPS) is 12.9. The average Bonchev–Trinajstić information content (AvgIpc) is 2.65. The van der Waals surface area contributed by atoms with Crippen molar-refractivity contribution in [3.8, 4) is 0 Å². The van der Waals surface area contributed by atoms with Gasteiger partial charge in [-0.1, -0.05) is 32.9 Å². The zero-order chi connectivity index (χ0) is 22.0. The number of amides is 3. The fourth-order valence-corrected chi connectivity index (χ4v) is 3.05. The Hall–Kier alpha value is -2.70. The van der Waals surface area contributed by atoms with Crippen molar-refractivity contribution in [1.82, 2.24) is 10.6 Å². The highest BCUT2D eigenvalue weighted by Gasteiger charge is 2.21. The smallest absolute Gasteiger partial charge is 0.251 e. The molecule has 0 saturated heterocycles. The number of carbonyl (C=O) groups excluding carboxylic acids is 4. The van der Waals surface area contributed by atoms with E-state index < -0.39 is 11.9 Å².